The van der Waals surface area contributed by atoms with Crippen molar-refractivity contribution in [1.82, 2.24) is 19.3 Å². The van der Waals surface area contributed by atoms with Crippen molar-refractivity contribution in [1.29, 1.82) is 5.26 Å². The molecule has 4 atom stereocenters. The van der Waals surface area contributed by atoms with Gasteiger partial charge in [-0.15, -0.1) is 0 Å². The minimum absolute atomic E-state index is 0.0298. The van der Waals surface area contributed by atoms with Crippen molar-refractivity contribution in [2.75, 3.05) is 0 Å². The zero-order valence-electron chi connectivity index (χ0n) is 15.7. The Morgan fingerprint density at radius 2 is 2.12 bits per heavy atom. The van der Waals surface area contributed by atoms with Gasteiger partial charge in [0.15, 0.2) is 5.78 Å². The SMILES string of the molecule is Cc1nc2c(n1-c1cnn(C)c1)CC[C@@]13CC1(C)C(=O)C(C#N)C[C@]23C. The summed E-state index contributed by atoms with van der Waals surface area (Å²) in [5.41, 5.74) is 2.75. The number of imidazole rings is 1. The summed E-state index contributed by atoms with van der Waals surface area (Å²) in [6.07, 6.45) is 7.26. The molecule has 0 aliphatic heterocycles. The van der Waals surface area contributed by atoms with Gasteiger partial charge in [-0.25, -0.2) is 4.98 Å². The van der Waals surface area contributed by atoms with E-state index < -0.39 is 5.92 Å². The van der Waals surface area contributed by atoms with E-state index in [1.54, 1.807) is 4.68 Å². The lowest BCUT2D eigenvalue weighted by molar-refractivity contribution is -0.132. The number of ketones is 1. The van der Waals surface area contributed by atoms with Gasteiger partial charge in [-0.05, 0) is 38.0 Å². The molecule has 2 unspecified atom stereocenters. The van der Waals surface area contributed by atoms with Crippen LogP contribution in [0.4, 0.5) is 0 Å². The average Bonchev–Trinajstić information content (AvgIpc) is 2.88. The van der Waals surface area contributed by atoms with Crippen LogP contribution in [-0.4, -0.2) is 25.1 Å². The molecule has 3 aliphatic carbocycles. The first-order chi connectivity index (χ1) is 12.3. The van der Waals surface area contributed by atoms with Gasteiger partial charge in [-0.3, -0.25) is 14.0 Å². The molecule has 0 saturated heterocycles. The molecule has 26 heavy (non-hydrogen) atoms. The van der Waals surface area contributed by atoms with Crippen molar-refractivity contribution < 1.29 is 4.79 Å². The average molecular weight is 349 g/mol. The van der Waals surface area contributed by atoms with E-state index in [1.807, 2.05) is 26.4 Å². The fourth-order valence-corrected chi connectivity index (χ4v) is 6.28. The Bertz CT molecular complexity index is 1010. The second kappa shape index (κ2) is 4.46. The third-order valence-corrected chi connectivity index (χ3v) is 7.67. The van der Waals surface area contributed by atoms with E-state index in [0.29, 0.717) is 6.42 Å². The molecule has 2 aromatic heterocycles. The van der Waals surface area contributed by atoms with Gasteiger partial charge in [0.2, 0.25) is 0 Å². The molecule has 0 aromatic carbocycles. The van der Waals surface area contributed by atoms with E-state index in [1.165, 1.54) is 5.69 Å². The molecule has 3 aliphatic rings. The molecule has 2 aromatic rings. The molecule has 6 heteroatoms. The Kier molecular flexibility index (Phi) is 2.71. The number of Topliss-reactive ketones (excluding diaryl/α,β-unsaturated/α-hetero) is 1. The minimum atomic E-state index is -0.518. The maximum Gasteiger partial charge on any atom is 0.156 e. The highest BCUT2D eigenvalue weighted by Gasteiger charge is 2.80. The molecule has 2 heterocycles. The lowest BCUT2D eigenvalue weighted by Gasteiger charge is -2.48. The first-order valence-electron chi connectivity index (χ1n) is 9.29. The number of aromatic nitrogens is 4. The third kappa shape index (κ3) is 1.52. The Morgan fingerprint density at radius 1 is 1.35 bits per heavy atom. The molecule has 0 bridgehead atoms. The van der Waals surface area contributed by atoms with Crippen LogP contribution in [0.5, 0.6) is 0 Å². The van der Waals surface area contributed by atoms with Crippen LogP contribution in [0.2, 0.25) is 0 Å². The highest BCUT2D eigenvalue weighted by Crippen LogP contribution is 2.80. The van der Waals surface area contributed by atoms with Crippen LogP contribution in [0.3, 0.4) is 0 Å². The number of carbonyl (C=O) groups is 1. The minimum Gasteiger partial charge on any atom is -0.298 e. The second-order valence-corrected chi connectivity index (χ2v) is 8.84. The molecule has 2 fully saturated rings. The van der Waals surface area contributed by atoms with E-state index >= 15 is 0 Å². The maximum absolute atomic E-state index is 12.9. The largest absolute Gasteiger partial charge is 0.298 e. The van der Waals surface area contributed by atoms with Crippen molar-refractivity contribution in [3.05, 3.63) is 29.6 Å². The predicted molar refractivity (Wildman–Crippen MR) is 94.6 cm³/mol. The van der Waals surface area contributed by atoms with Gasteiger partial charge in [-0.2, -0.15) is 10.4 Å². The number of hydrogen-bond acceptors (Lipinski definition) is 4. The highest BCUT2D eigenvalue weighted by molar-refractivity contribution is 5.94. The number of aryl methyl sites for hydroxylation is 2. The Hall–Kier alpha value is -2.42. The summed E-state index contributed by atoms with van der Waals surface area (Å²) in [5, 5.41) is 13.9. The summed E-state index contributed by atoms with van der Waals surface area (Å²) in [4.78, 5) is 17.9. The molecule has 5 rings (SSSR count). The van der Waals surface area contributed by atoms with E-state index in [9.17, 15) is 10.1 Å². The molecule has 1 spiro atoms. The van der Waals surface area contributed by atoms with E-state index in [2.05, 4.69) is 29.6 Å². The summed E-state index contributed by atoms with van der Waals surface area (Å²) in [5.74, 6) is 0.591. The van der Waals surface area contributed by atoms with Crippen LogP contribution in [0.25, 0.3) is 5.69 Å². The summed E-state index contributed by atoms with van der Waals surface area (Å²) in [6.45, 7) is 6.35. The van der Waals surface area contributed by atoms with Gasteiger partial charge in [-0.1, -0.05) is 13.8 Å². The van der Waals surface area contributed by atoms with Crippen molar-refractivity contribution in [3.8, 4) is 11.8 Å². The van der Waals surface area contributed by atoms with Crippen molar-refractivity contribution in [2.45, 2.75) is 51.9 Å². The van der Waals surface area contributed by atoms with Gasteiger partial charge in [0.1, 0.15) is 11.7 Å². The predicted octanol–water partition coefficient (Wildman–Crippen LogP) is 2.63. The monoisotopic (exact) mass is 349 g/mol. The molecule has 0 N–H and O–H groups in total. The summed E-state index contributed by atoms with van der Waals surface area (Å²) < 4.78 is 4.01. The summed E-state index contributed by atoms with van der Waals surface area (Å²) in [6, 6.07) is 2.28. The lowest BCUT2D eigenvalue weighted by Crippen LogP contribution is -2.50. The normalized spacial score (nSPS) is 37.5. The lowest BCUT2D eigenvalue weighted by atomic mass is 9.54. The molecule has 134 valence electrons. The standard InChI is InChI=1S/C20H23N5O/c1-12-23-16-15(25(12)14-9-22-24(4)10-14)5-6-20-11-19(20,3)17(26)13(8-21)7-18(16,20)2/h9-10,13H,5-7,11H2,1-4H3/t13?,18-,19?,20+/m1/s1. The molecule has 0 radical (unpaired) electrons. The van der Waals surface area contributed by atoms with Gasteiger partial charge < -0.3 is 0 Å². The van der Waals surface area contributed by atoms with Gasteiger partial charge >= 0.3 is 0 Å². The summed E-state index contributed by atoms with van der Waals surface area (Å²) >= 11 is 0. The first kappa shape index (κ1) is 15.8. The van der Waals surface area contributed by atoms with E-state index in [0.717, 1.165) is 36.5 Å². The highest BCUT2D eigenvalue weighted by atomic mass is 16.1. The topological polar surface area (TPSA) is 76.5 Å². The van der Waals surface area contributed by atoms with E-state index in [-0.39, 0.29) is 22.0 Å². The van der Waals surface area contributed by atoms with Crippen LogP contribution in [0.15, 0.2) is 12.4 Å². The zero-order chi connectivity index (χ0) is 18.5. The Balaban J connectivity index is 1.71. The Morgan fingerprint density at radius 3 is 2.77 bits per heavy atom. The first-order valence-corrected chi connectivity index (χ1v) is 9.29. The number of nitriles is 1. The molecular weight excluding hydrogens is 326 g/mol. The van der Waals surface area contributed by atoms with Crippen molar-refractivity contribution in [3.63, 3.8) is 0 Å². The van der Waals surface area contributed by atoms with Crippen molar-refractivity contribution >= 4 is 5.78 Å². The Labute approximate surface area is 152 Å². The molecule has 6 nitrogen and oxygen atoms in total. The van der Waals surface area contributed by atoms with Gasteiger partial charge in [0, 0.05) is 29.8 Å². The number of carbonyl (C=O) groups excluding carboxylic acids is 1. The van der Waals surface area contributed by atoms with E-state index in [4.69, 9.17) is 4.98 Å². The van der Waals surface area contributed by atoms with Crippen LogP contribution < -0.4 is 0 Å². The molecule has 0 amide bonds. The van der Waals surface area contributed by atoms with Crippen molar-refractivity contribution in [2.24, 2.45) is 23.8 Å². The second-order valence-electron chi connectivity index (χ2n) is 8.84. The van der Waals surface area contributed by atoms with Crippen LogP contribution >= 0.6 is 0 Å². The zero-order valence-corrected chi connectivity index (χ0v) is 15.7. The number of rotatable bonds is 1. The smallest absolute Gasteiger partial charge is 0.156 e. The fourth-order valence-electron chi connectivity index (χ4n) is 6.28. The summed E-state index contributed by atoms with van der Waals surface area (Å²) in [7, 11) is 1.92. The fraction of sp³-hybridized carbons (Fsp3) is 0.600. The maximum atomic E-state index is 12.9. The van der Waals surface area contributed by atoms with Crippen LogP contribution in [0, 0.1) is 35.0 Å². The van der Waals surface area contributed by atoms with Gasteiger partial charge in [0.05, 0.1) is 23.6 Å². The quantitative estimate of drug-likeness (QED) is 0.793. The molecule has 2 saturated carbocycles. The number of fused-ring (bicyclic) bond motifs is 2. The number of nitrogens with zero attached hydrogens (tertiary/aromatic N) is 5. The van der Waals surface area contributed by atoms with Crippen LogP contribution in [-0.2, 0) is 23.7 Å². The number of hydrogen-bond donors (Lipinski definition) is 0. The van der Waals surface area contributed by atoms with Gasteiger partial charge in [0.25, 0.3) is 0 Å². The van der Waals surface area contributed by atoms with Crippen LogP contribution in [0.1, 0.15) is 50.3 Å². The molecular formula is C20H23N5O. The third-order valence-electron chi connectivity index (χ3n) is 7.67.